The van der Waals surface area contributed by atoms with Crippen molar-refractivity contribution in [3.8, 4) is 0 Å². The van der Waals surface area contributed by atoms with Crippen LogP contribution in [-0.4, -0.2) is 15.0 Å². The van der Waals surface area contributed by atoms with Crippen molar-refractivity contribution < 1.29 is 8.42 Å². The first kappa shape index (κ1) is 16.8. The van der Waals surface area contributed by atoms with E-state index >= 15 is 0 Å². The highest BCUT2D eigenvalue weighted by Gasteiger charge is 2.25. The number of hydrogen-bond acceptors (Lipinski definition) is 2. The van der Waals surface area contributed by atoms with E-state index in [4.69, 9.17) is 0 Å². The maximum Gasteiger partial charge on any atom is 0.264 e. The summed E-state index contributed by atoms with van der Waals surface area (Å²) in [7, 11) is -3.68. The smallest absolute Gasteiger partial charge is 0.262 e. The Morgan fingerprint density at radius 2 is 1.78 bits per heavy atom. The minimum absolute atomic E-state index is 0.179. The summed E-state index contributed by atoms with van der Waals surface area (Å²) in [5.41, 5.74) is 5.02. The number of aryl methyl sites for hydroxylation is 1. The van der Waals surface area contributed by atoms with Crippen molar-refractivity contribution in [1.29, 1.82) is 0 Å². The summed E-state index contributed by atoms with van der Waals surface area (Å²) in [5, 5.41) is 0. The van der Waals surface area contributed by atoms with Gasteiger partial charge in [-0.2, -0.15) is 0 Å². The molecule has 0 N–H and O–H groups in total. The summed E-state index contributed by atoms with van der Waals surface area (Å²) in [6.07, 6.45) is 3.23. The molecule has 0 fully saturated rings. The Balaban J connectivity index is 2.60. The minimum atomic E-state index is -3.68. The second kappa shape index (κ2) is 7.14. The van der Waals surface area contributed by atoms with E-state index in [0.29, 0.717) is 5.69 Å². The van der Waals surface area contributed by atoms with Crippen molar-refractivity contribution in [2.24, 2.45) is 0 Å². The monoisotopic (exact) mass is 325 g/mol. The number of para-hydroxylation sites is 1. The number of hydrogen-bond donors (Lipinski definition) is 0. The highest BCUT2D eigenvalue weighted by molar-refractivity contribution is 7.92. The first-order valence-electron chi connectivity index (χ1n) is 7.16. The molecule has 23 heavy (non-hydrogen) atoms. The summed E-state index contributed by atoms with van der Waals surface area (Å²) in [6, 6.07) is 14.0. The van der Waals surface area contributed by atoms with Gasteiger partial charge in [0, 0.05) is 5.56 Å². The van der Waals surface area contributed by atoms with Crippen molar-refractivity contribution in [2.75, 3.05) is 10.8 Å². The Labute approximate surface area is 137 Å². The molecule has 0 aromatic heterocycles. The topological polar surface area (TPSA) is 37.4 Å². The van der Waals surface area contributed by atoms with Gasteiger partial charge >= 0.3 is 0 Å². The third-order valence-corrected chi connectivity index (χ3v) is 5.16. The van der Waals surface area contributed by atoms with Crippen LogP contribution in [0.3, 0.4) is 0 Å². The second-order valence-corrected chi connectivity index (χ2v) is 6.91. The lowest BCUT2D eigenvalue weighted by Gasteiger charge is -2.24. The SMILES string of the molecule is C=C=Cc1ccccc1N(CC=C)S(=O)(=O)c1ccc(C)cc1. The van der Waals surface area contributed by atoms with Gasteiger partial charge in [0.2, 0.25) is 0 Å². The first-order chi connectivity index (χ1) is 11.0. The molecule has 0 unspecified atom stereocenters. The zero-order valence-electron chi connectivity index (χ0n) is 13.1. The maximum atomic E-state index is 13.0. The Bertz CT molecular complexity index is 845. The van der Waals surface area contributed by atoms with E-state index in [1.54, 1.807) is 48.6 Å². The van der Waals surface area contributed by atoms with Gasteiger partial charge < -0.3 is 0 Å². The molecular formula is C19H19NO2S. The van der Waals surface area contributed by atoms with E-state index in [1.165, 1.54) is 4.31 Å². The molecule has 0 spiro atoms. The fourth-order valence-electron chi connectivity index (χ4n) is 2.23. The van der Waals surface area contributed by atoms with Gasteiger partial charge in [-0.15, -0.1) is 12.3 Å². The normalized spacial score (nSPS) is 10.7. The Hall–Kier alpha value is -2.55. The summed E-state index contributed by atoms with van der Waals surface area (Å²) >= 11 is 0. The van der Waals surface area contributed by atoms with Gasteiger partial charge in [0.05, 0.1) is 17.1 Å². The Morgan fingerprint density at radius 1 is 1.13 bits per heavy atom. The number of rotatable bonds is 6. The predicted octanol–water partition coefficient (Wildman–Crippen LogP) is 4.17. The predicted molar refractivity (Wildman–Crippen MR) is 96.0 cm³/mol. The van der Waals surface area contributed by atoms with Crippen LogP contribution in [0.4, 0.5) is 5.69 Å². The molecule has 118 valence electrons. The average molecular weight is 325 g/mol. The van der Waals surface area contributed by atoms with Crippen molar-refractivity contribution in [2.45, 2.75) is 11.8 Å². The van der Waals surface area contributed by atoms with E-state index in [-0.39, 0.29) is 11.4 Å². The van der Waals surface area contributed by atoms with Crippen molar-refractivity contribution >= 4 is 21.8 Å². The third-order valence-electron chi connectivity index (χ3n) is 3.37. The lowest BCUT2D eigenvalue weighted by Crippen LogP contribution is -2.31. The highest BCUT2D eigenvalue weighted by atomic mass is 32.2. The minimum Gasteiger partial charge on any atom is -0.262 e. The molecule has 4 heteroatoms. The molecule has 2 aromatic carbocycles. The van der Waals surface area contributed by atoms with Crippen molar-refractivity contribution in [3.05, 3.63) is 84.6 Å². The van der Waals surface area contributed by atoms with Crippen LogP contribution in [-0.2, 0) is 10.0 Å². The second-order valence-electron chi connectivity index (χ2n) is 5.05. The maximum absolute atomic E-state index is 13.0. The van der Waals surface area contributed by atoms with Crippen LogP contribution in [0.5, 0.6) is 0 Å². The largest absolute Gasteiger partial charge is 0.264 e. The van der Waals surface area contributed by atoms with Crippen LogP contribution in [0.15, 0.2) is 78.4 Å². The number of benzene rings is 2. The van der Waals surface area contributed by atoms with Gasteiger partial charge in [-0.3, -0.25) is 4.31 Å². The van der Waals surface area contributed by atoms with E-state index in [2.05, 4.69) is 18.9 Å². The molecule has 0 aliphatic heterocycles. The molecule has 0 radical (unpaired) electrons. The van der Waals surface area contributed by atoms with E-state index < -0.39 is 10.0 Å². The van der Waals surface area contributed by atoms with Gasteiger partial charge in [-0.05, 0) is 31.2 Å². The molecular weight excluding hydrogens is 306 g/mol. The van der Waals surface area contributed by atoms with E-state index in [1.807, 2.05) is 19.1 Å². The van der Waals surface area contributed by atoms with E-state index in [9.17, 15) is 8.42 Å². The van der Waals surface area contributed by atoms with Gasteiger partial charge in [-0.1, -0.05) is 48.6 Å². The molecule has 0 atom stereocenters. The highest BCUT2D eigenvalue weighted by Crippen LogP contribution is 2.28. The molecule has 0 heterocycles. The molecule has 2 aromatic rings. The third kappa shape index (κ3) is 3.62. The summed E-state index contributed by atoms with van der Waals surface area (Å²) in [4.78, 5) is 0.252. The fraction of sp³-hybridized carbons (Fsp3) is 0.105. The number of anilines is 1. The van der Waals surface area contributed by atoms with Gasteiger partial charge in [0.1, 0.15) is 0 Å². The molecule has 0 amide bonds. The van der Waals surface area contributed by atoms with Crippen LogP contribution in [0, 0.1) is 6.92 Å². The molecule has 0 aliphatic rings. The van der Waals surface area contributed by atoms with Crippen LogP contribution >= 0.6 is 0 Å². The van der Waals surface area contributed by atoms with Crippen molar-refractivity contribution in [1.82, 2.24) is 0 Å². The van der Waals surface area contributed by atoms with Gasteiger partial charge in [0.25, 0.3) is 10.0 Å². The molecule has 0 saturated carbocycles. The first-order valence-corrected chi connectivity index (χ1v) is 8.60. The number of sulfonamides is 1. The summed E-state index contributed by atoms with van der Waals surface area (Å²) in [6.45, 7) is 9.34. The lowest BCUT2D eigenvalue weighted by atomic mass is 10.1. The van der Waals surface area contributed by atoms with Crippen LogP contribution in [0.25, 0.3) is 6.08 Å². The standard InChI is InChI=1S/C19H19NO2S/c1-4-8-17-9-6-7-10-19(17)20(15-5-2)23(21,22)18-13-11-16(3)12-14-18/h5-14H,1-2,15H2,3H3. The molecule has 0 bridgehead atoms. The average Bonchev–Trinajstić information content (AvgIpc) is 2.54. The lowest BCUT2D eigenvalue weighted by molar-refractivity contribution is 0.593. The molecule has 0 aliphatic carbocycles. The summed E-state index contributed by atoms with van der Waals surface area (Å²) in [5.74, 6) is 0. The van der Waals surface area contributed by atoms with Gasteiger partial charge in [0.15, 0.2) is 0 Å². The zero-order chi connectivity index (χ0) is 16.9. The van der Waals surface area contributed by atoms with Gasteiger partial charge in [-0.25, -0.2) is 8.42 Å². The zero-order valence-corrected chi connectivity index (χ0v) is 13.9. The van der Waals surface area contributed by atoms with E-state index in [0.717, 1.165) is 11.1 Å². The molecule has 0 saturated heterocycles. The van der Waals surface area contributed by atoms with Crippen LogP contribution in [0.1, 0.15) is 11.1 Å². The molecule has 3 nitrogen and oxygen atoms in total. The van der Waals surface area contributed by atoms with Crippen molar-refractivity contribution in [3.63, 3.8) is 0 Å². The Kier molecular flexibility index (Phi) is 5.22. The fourth-order valence-corrected chi connectivity index (χ4v) is 3.69. The summed E-state index contributed by atoms with van der Waals surface area (Å²) < 4.78 is 27.4. The van der Waals surface area contributed by atoms with Crippen LogP contribution < -0.4 is 4.31 Å². The quantitative estimate of drug-likeness (QED) is 0.590. The molecule has 2 rings (SSSR count). The Morgan fingerprint density at radius 3 is 2.39 bits per heavy atom. The number of nitrogens with zero attached hydrogens (tertiary/aromatic N) is 1. The van der Waals surface area contributed by atoms with Crippen LogP contribution in [0.2, 0.25) is 0 Å².